The van der Waals surface area contributed by atoms with Crippen LogP contribution in [0.25, 0.3) is 0 Å². The lowest BCUT2D eigenvalue weighted by atomic mass is 9.41. The monoisotopic (exact) mass is 422 g/mol. The Bertz CT molecular complexity index is 1130. The molecule has 2 aliphatic carbocycles. The van der Waals surface area contributed by atoms with E-state index in [0.29, 0.717) is 26.2 Å². The lowest BCUT2D eigenvalue weighted by molar-refractivity contribution is -0.129. The van der Waals surface area contributed by atoms with E-state index in [0.717, 1.165) is 0 Å². The summed E-state index contributed by atoms with van der Waals surface area (Å²) < 4.78 is 0. The Morgan fingerprint density at radius 1 is 0.594 bits per heavy atom. The third-order valence-electron chi connectivity index (χ3n) is 9.29. The van der Waals surface area contributed by atoms with Crippen LogP contribution in [0.3, 0.4) is 0 Å². The third-order valence-corrected chi connectivity index (χ3v) is 9.29. The first-order valence-corrected chi connectivity index (χ1v) is 11.5. The minimum Gasteiger partial charge on any atom is -0.340 e. The molecule has 2 aromatic carbocycles. The highest BCUT2D eigenvalue weighted by Crippen LogP contribution is 2.70. The van der Waals surface area contributed by atoms with Gasteiger partial charge in [0.2, 0.25) is 11.8 Å². The minimum absolute atomic E-state index is 0.126. The molecule has 4 aliphatic rings. The summed E-state index contributed by atoms with van der Waals surface area (Å²) in [5, 5.41) is 0. The quantitative estimate of drug-likeness (QED) is 0.611. The molecule has 2 aromatic rings. The van der Waals surface area contributed by atoms with Crippen molar-refractivity contribution in [3.63, 3.8) is 0 Å². The average Bonchev–Trinajstić information content (AvgIpc) is 3.28. The summed E-state index contributed by atoms with van der Waals surface area (Å²) in [5.41, 5.74) is 4.04. The maximum atomic E-state index is 12.7. The molecule has 0 atom stereocenters. The van der Waals surface area contributed by atoms with Gasteiger partial charge in [-0.25, -0.2) is 0 Å². The number of carbonyl (C=O) groups is 2. The fourth-order valence-electron chi connectivity index (χ4n) is 7.90. The lowest BCUT2D eigenvalue weighted by Gasteiger charge is -2.59. The predicted octanol–water partition coefficient (Wildman–Crippen LogP) is 3.41. The van der Waals surface area contributed by atoms with Crippen molar-refractivity contribution in [3.05, 3.63) is 95.1 Å². The molecule has 6 rings (SSSR count). The first-order chi connectivity index (χ1) is 15.4. The van der Waals surface area contributed by atoms with Gasteiger partial charge in [-0.1, -0.05) is 72.8 Å². The molecule has 2 amide bonds. The number of fused-ring (bicyclic) bond motifs is 8. The van der Waals surface area contributed by atoms with E-state index in [1.54, 1.807) is 13.8 Å². The van der Waals surface area contributed by atoms with Crippen LogP contribution in [0.4, 0.5) is 0 Å². The smallest absolute Gasteiger partial charge is 0.219 e. The highest BCUT2D eigenvalue weighted by molar-refractivity contribution is 5.79. The van der Waals surface area contributed by atoms with E-state index in [9.17, 15) is 9.59 Å². The van der Waals surface area contributed by atoms with Crippen LogP contribution in [0.15, 0.2) is 72.8 Å². The Labute approximate surface area is 188 Å². The second-order valence-corrected chi connectivity index (χ2v) is 10.4. The van der Waals surface area contributed by atoms with Gasteiger partial charge < -0.3 is 9.80 Å². The van der Waals surface area contributed by atoms with Crippen LogP contribution < -0.4 is 0 Å². The van der Waals surface area contributed by atoms with E-state index < -0.39 is 0 Å². The van der Waals surface area contributed by atoms with Gasteiger partial charge in [0.15, 0.2) is 0 Å². The summed E-state index contributed by atoms with van der Waals surface area (Å²) in [4.78, 5) is 29.4. The summed E-state index contributed by atoms with van der Waals surface area (Å²) in [5.74, 6) is 0.251. The number of nitrogens with zero attached hydrogens (tertiary/aromatic N) is 2. The molecular formula is C28H26N2O2. The molecule has 2 heterocycles. The van der Waals surface area contributed by atoms with Gasteiger partial charge >= 0.3 is 0 Å². The standard InChI is InChI=1S/C28H26N2O2/c1-19(31)29-15-25-11-13-26(14-12-25)16-30(20(2)32)18-28(26)23-9-5-3-7-21(23)27(25,17-29)22-8-4-6-10-24(22)28/h3-14H,15-18H2,1-2H3. The summed E-state index contributed by atoms with van der Waals surface area (Å²) in [6.07, 6.45) is 9.56. The fourth-order valence-corrected chi connectivity index (χ4v) is 7.90. The van der Waals surface area contributed by atoms with E-state index in [1.807, 2.05) is 9.80 Å². The number of rotatable bonds is 0. The number of hydrogen-bond donors (Lipinski definition) is 0. The molecule has 160 valence electrons. The van der Waals surface area contributed by atoms with Gasteiger partial charge in [-0.3, -0.25) is 9.59 Å². The van der Waals surface area contributed by atoms with Crippen LogP contribution in [0.5, 0.6) is 0 Å². The SMILES string of the molecule is CC(=O)N1CC23C=CC4(C=C2)CN(C(C)=O)CC42c4ccccc4C3(C1)c1ccccc12. The molecule has 4 spiro atoms. The van der Waals surface area contributed by atoms with Gasteiger partial charge in [0, 0.05) is 50.9 Å². The summed E-state index contributed by atoms with van der Waals surface area (Å²) in [6, 6.07) is 17.7. The molecule has 4 heteroatoms. The van der Waals surface area contributed by atoms with Crippen LogP contribution in [0, 0.1) is 10.8 Å². The van der Waals surface area contributed by atoms with Crippen LogP contribution >= 0.6 is 0 Å². The summed E-state index contributed by atoms with van der Waals surface area (Å²) >= 11 is 0. The van der Waals surface area contributed by atoms with Crippen LogP contribution in [0.2, 0.25) is 0 Å². The van der Waals surface area contributed by atoms with Crippen molar-refractivity contribution in [3.8, 4) is 0 Å². The Morgan fingerprint density at radius 2 is 0.906 bits per heavy atom. The molecule has 2 aliphatic heterocycles. The van der Waals surface area contributed by atoms with Crippen molar-refractivity contribution in [2.24, 2.45) is 10.8 Å². The zero-order chi connectivity index (χ0) is 21.9. The molecule has 0 aromatic heterocycles. The fraction of sp³-hybridized carbons (Fsp3) is 0.357. The van der Waals surface area contributed by atoms with Crippen molar-refractivity contribution >= 4 is 11.8 Å². The molecule has 0 radical (unpaired) electrons. The van der Waals surface area contributed by atoms with E-state index >= 15 is 0 Å². The minimum atomic E-state index is -0.333. The maximum absolute atomic E-state index is 12.7. The Kier molecular flexibility index (Phi) is 3.13. The van der Waals surface area contributed by atoms with Crippen molar-refractivity contribution in [2.45, 2.75) is 24.7 Å². The van der Waals surface area contributed by atoms with Gasteiger partial charge in [-0.05, 0) is 22.3 Å². The van der Waals surface area contributed by atoms with Crippen LogP contribution in [0.1, 0.15) is 36.1 Å². The Balaban J connectivity index is 1.67. The van der Waals surface area contributed by atoms with Crippen molar-refractivity contribution in [1.29, 1.82) is 0 Å². The first kappa shape index (κ1) is 18.4. The zero-order valence-electron chi connectivity index (χ0n) is 18.5. The second kappa shape index (κ2) is 5.43. The average molecular weight is 423 g/mol. The summed E-state index contributed by atoms with van der Waals surface area (Å²) in [7, 11) is 0. The van der Waals surface area contributed by atoms with E-state index in [1.165, 1.54) is 22.3 Å². The van der Waals surface area contributed by atoms with Gasteiger partial charge in [-0.15, -0.1) is 0 Å². The first-order valence-electron chi connectivity index (χ1n) is 11.5. The number of carbonyl (C=O) groups excluding carboxylic acids is 2. The van der Waals surface area contributed by atoms with Crippen molar-refractivity contribution < 1.29 is 9.59 Å². The number of amides is 2. The van der Waals surface area contributed by atoms with Crippen LogP contribution in [-0.4, -0.2) is 47.8 Å². The van der Waals surface area contributed by atoms with Gasteiger partial charge in [0.25, 0.3) is 0 Å². The normalized spacial score (nSPS) is 36.9. The largest absolute Gasteiger partial charge is 0.340 e. The molecule has 0 N–H and O–H groups in total. The van der Waals surface area contributed by atoms with E-state index in [4.69, 9.17) is 0 Å². The third kappa shape index (κ3) is 1.70. The molecule has 0 saturated carbocycles. The van der Waals surface area contributed by atoms with Crippen molar-refractivity contribution in [1.82, 2.24) is 9.80 Å². The molecule has 0 bridgehead atoms. The topological polar surface area (TPSA) is 40.6 Å². The molecule has 32 heavy (non-hydrogen) atoms. The molecule has 2 saturated heterocycles. The van der Waals surface area contributed by atoms with E-state index in [-0.39, 0.29) is 33.5 Å². The predicted molar refractivity (Wildman–Crippen MR) is 122 cm³/mol. The highest BCUT2D eigenvalue weighted by atomic mass is 16.2. The summed E-state index contributed by atoms with van der Waals surface area (Å²) in [6.45, 7) is 6.07. The number of benzene rings is 2. The maximum Gasteiger partial charge on any atom is 0.219 e. The second-order valence-electron chi connectivity index (χ2n) is 10.4. The molecule has 2 fully saturated rings. The zero-order valence-corrected chi connectivity index (χ0v) is 18.5. The number of likely N-dealkylation sites (tertiary alicyclic amines) is 2. The van der Waals surface area contributed by atoms with Crippen molar-refractivity contribution in [2.75, 3.05) is 26.2 Å². The van der Waals surface area contributed by atoms with Gasteiger partial charge in [-0.2, -0.15) is 0 Å². The van der Waals surface area contributed by atoms with Gasteiger partial charge in [0.1, 0.15) is 0 Å². The van der Waals surface area contributed by atoms with Gasteiger partial charge in [0.05, 0.1) is 10.8 Å². The molecule has 0 unspecified atom stereocenters. The lowest BCUT2D eigenvalue weighted by Crippen LogP contribution is -2.59. The highest BCUT2D eigenvalue weighted by Gasteiger charge is 2.71. The van der Waals surface area contributed by atoms with E-state index in [2.05, 4.69) is 72.8 Å². The number of hydrogen-bond acceptors (Lipinski definition) is 2. The molecule has 4 nitrogen and oxygen atoms in total. The Morgan fingerprint density at radius 3 is 1.19 bits per heavy atom. The van der Waals surface area contributed by atoms with Crippen LogP contribution in [-0.2, 0) is 20.4 Å². The Hall–Kier alpha value is -3.14. The molecular weight excluding hydrogens is 396 g/mol.